The Morgan fingerprint density at radius 1 is 0.917 bits per heavy atom. The fourth-order valence-corrected chi connectivity index (χ4v) is 1.18. The molecule has 66 valence electrons. The molecule has 0 aliphatic carbocycles. The predicted octanol–water partition coefficient (Wildman–Crippen LogP) is 2.83. The third kappa shape index (κ3) is 2.08. The van der Waals surface area contributed by atoms with E-state index in [1.165, 1.54) is 11.1 Å². The minimum absolute atomic E-state index is 0.145. The van der Waals surface area contributed by atoms with Crippen molar-refractivity contribution in [1.29, 1.82) is 0 Å². The van der Waals surface area contributed by atoms with Gasteiger partial charge in [-0.3, -0.25) is 0 Å². The lowest BCUT2D eigenvalue weighted by Crippen LogP contribution is -2.04. The van der Waals surface area contributed by atoms with Gasteiger partial charge in [0.05, 0.1) is 0 Å². The predicted molar refractivity (Wildman–Crippen MR) is 53.1 cm³/mol. The summed E-state index contributed by atoms with van der Waals surface area (Å²) >= 11 is 0. The van der Waals surface area contributed by atoms with Gasteiger partial charge in [0, 0.05) is 6.04 Å². The van der Waals surface area contributed by atoms with Crippen molar-refractivity contribution in [1.82, 2.24) is 0 Å². The monoisotopic (exact) mass is 163 g/mol. The normalized spacial score (nSPS) is 13.4. The average Bonchev–Trinajstić information content (AvgIpc) is 2.04. The van der Waals surface area contributed by atoms with E-state index in [1.807, 2.05) is 6.92 Å². The Kier molecular flexibility index (Phi) is 2.88. The van der Waals surface area contributed by atoms with Crippen molar-refractivity contribution >= 4 is 0 Å². The Morgan fingerprint density at radius 3 is 1.67 bits per heavy atom. The van der Waals surface area contributed by atoms with E-state index in [0.717, 1.165) is 0 Å². The highest BCUT2D eigenvalue weighted by Gasteiger charge is 2.00. The van der Waals surface area contributed by atoms with Gasteiger partial charge in [0.2, 0.25) is 0 Å². The summed E-state index contributed by atoms with van der Waals surface area (Å²) in [5.74, 6) is 0.604. The van der Waals surface area contributed by atoms with Crippen LogP contribution in [0, 0.1) is 0 Å². The molecule has 0 saturated heterocycles. The van der Waals surface area contributed by atoms with Crippen molar-refractivity contribution in [2.75, 3.05) is 0 Å². The third-order valence-electron chi connectivity index (χ3n) is 2.13. The van der Waals surface area contributed by atoms with Gasteiger partial charge in [-0.05, 0) is 24.0 Å². The summed E-state index contributed by atoms with van der Waals surface area (Å²) in [4.78, 5) is 0. The second-order valence-corrected chi connectivity index (χ2v) is 3.61. The summed E-state index contributed by atoms with van der Waals surface area (Å²) < 4.78 is 0. The highest BCUT2D eigenvalue weighted by molar-refractivity contribution is 5.26. The van der Waals surface area contributed by atoms with E-state index >= 15 is 0 Å². The molecule has 12 heavy (non-hydrogen) atoms. The maximum atomic E-state index is 5.74. The third-order valence-corrected chi connectivity index (χ3v) is 2.13. The molecule has 0 spiro atoms. The molecular formula is C11H17N. The number of hydrogen-bond acceptors (Lipinski definition) is 1. The van der Waals surface area contributed by atoms with Crippen molar-refractivity contribution in [3.63, 3.8) is 0 Å². The van der Waals surface area contributed by atoms with Crippen LogP contribution in [0.25, 0.3) is 0 Å². The van der Waals surface area contributed by atoms with Crippen LogP contribution in [0.3, 0.4) is 0 Å². The highest BCUT2D eigenvalue weighted by Crippen LogP contribution is 2.16. The second kappa shape index (κ2) is 3.72. The van der Waals surface area contributed by atoms with E-state index < -0.39 is 0 Å². The van der Waals surface area contributed by atoms with E-state index in [9.17, 15) is 0 Å². The van der Waals surface area contributed by atoms with Crippen LogP contribution in [0.4, 0.5) is 0 Å². The smallest absolute Gasteiger partial charge is 0.0266 e. The minimum Gasteiger partial charge on any atom is -0.324 e. The molecule has 2 N–H and O–H groups in total. The molecule has 0 radical (unpaired) electrons. The van der Waals surface area contributed by atoms with Gasteiger partial charge in [-0.1, -0.05) is 38.1 Å². The molecule has 0 aliphatic rings. The van der Waals surface area contributed by atoms with Gasteiger partial charge in [0.25, 0.3) is 0 Å². The quantitative estimate of drug-likeness (QED) is 0.712. The topological polar surface area (TPSA) is 26.0 Å². The van der Waals surface area contributed by atoms with Crippen LogP contribution >= 0.6 is 0 Å². The van der Waals surface area contributed by atoms with Crippen molar-refractivity contribution in [2.24, 2.45) is 5.73 Å². The SMILES string of the molecule is CC(C)c1ccc([C@@H](C)N)cc1. The Labute approximate surface area is 74.6 Å². The van der Waals surface area contributed by atoms with Gasteiger partial charge in [-0.2, -0.15) is 0 Å². The van der Waals surface area contributed by atoms with Crippen molar-refractivity contribution < 1.29 is 0 Å². The lowest BCUT2D eigenvalue weighted by molar-refractivity contribution is 0.811. The number of benzene rings is 1. The molecule has 0 heterocycles. The first kappa shape index (κ1) is 9.27. The van der Waals surface area contributed by atoms with Crippen LogP contribution in [0.1, 0.15) is 43.9 Å². The van der Waals surface area contributed by atoms with Crippen molar-refractivity contribution in [3.05, 3.63) is 35.4 Å². The van der Waals surface area contributed by atoms with Crippen LogP contribution in [0.15, 0.2) is 24.3 Å². The average molecular weight is 163 g/mol. The van der Waals surface area contributed by atoms with Crippen LogP contribution < -0.4 is 5.73 Å². The zero-order chi connectivity index (χ0) is 9.14. The molecule has 1 atom stereocenters. The number of hydrogen-bond donors (Lipinski definition) is 1. The van der Waals surface area contributed by atoms with Gasteiger partial charge >= 0.3 is 0 Å². The van der Waals surface area contributed by atoms with E-state index in [1.54, 1.807) is 0 Å². The number of nitrogens with two attached hydrogens (primary N) is 1. The Balaban J connectivity index is 2.86. The molecule has 0 fully saturated rings. The largest absolute Gasteiger partial charge is 0.324 e. The fraction of sp³-hybridized carbons (Fsp3) is 0.455. The molecule has 1 rings (SSSR count). The van der Waals surface area contributed by atoms with Gasteiger partial charge in [0.1, 0.15) is 0 Å². The first-order valence-electron chi connectivity index (χ1n) is 4.46. The Morgan fingerprint density at radius 2 is 1.33 bits per heavy atom. The van der Waals surface area contributed by atoms with Crippen molar-refractivity contribution in [2.45, 2.75) is 32.7 Å². The molecule has 0 aliphatic heterocycles. The molecular weight excluding hydrogens is 146 g/mol. The molecule has 0 bridgehead atoms. The fourth-order valence-electron chi connectivity index (χ4n) is 1.18. The summed E-state index contributed by atoms with van der Waals surface area (Å²) in [5.41, 5.74) is 8.32. The van der Waals surface area contributed by atoms with Gasteiger partial charge in [-0.15, -0.1) is 0 Å². The van der Waals surface area contributed by atoms with Gasteiger partial charge < -0.3 is 5.73 Å². The second-order valence-electron chi connectivity index (χ2n) is 3.61. The van der Waals surface area contributed by atoms with E-state index in [-0.39, 0.29) is 6.04 Å². The van der Waals surface area contributed by atoms with Gasteiger partial charge in [0.15, 0.2) is 0 Å². The van der Waals surface area contributed by atoms with Gasteiger partial charge in [-0.25, -0.2) is 0 Å². The maximum absolute atomic E-state index is 5.74. The summed E-state index contributed by atoms with van der Waals surface area (Å²) in [6.45, 7) is 6.39. The highest BCUT2D eigenvalue weighted by atomic mass is 14.6. The zero-order valence-corrected chi connectivity index (χ0v) is 8.04. The molecule has 0 amide bonds. The maximum Gasteiger partial charge on any atom is 0.0266 e. The summed E-state index contributed by atoms with van der Waals surface area (Å²) in [7, 11) is 0. The molecule has 0 saturated carbocycles. The zero-order valence-electron chi connectivity index (χ0n) is 8.04. The molecule has 1 nitrogen and oxygen atoms in total. The first-order valence-corrected chi connectivity index (χ1v) is 4.46. The lowest BCUT2D eigenvalue weighted by atomic mass is 10.00. The summed E-state index contributed by atoms with van der Waals surface area (Å²) in [5, 5.41) is 0. The van der Waals surface area contributed by atoms with E-state index in [4.69, 9.17) is 5.73 Å². The Hall–Kier alpha value is -0.820. The molecule has 0 aromatic heterocycles. The molecule has 0 unspecified atom stereocenters. The van der Waals surface area contributed by atoms with Crippen LogP contribution in [-0.4, -0.2) is 0 Å². The molecule has 1 aromatic carbocycles. The van der Waals surface area contributed by atoms with Crippen LogP contribution in [0.5, 0.6) is 0 Å². The first-order chi connectivity index (χ1) is 5.61. The number of rotatable bonds is 2. The van der Waals surface area contributed by atoms with Crippen molar-refractivity contribution in [3.8, 4) is 0 Å². The minimum atomic E-state index is 0.145. The summed E-state index contributed by atoms with van der Waals surface area (Å²) in [6.07, 6.45) is 0. The molecule has 1 aromatic rings. The molecule has 1 heteroatoms. The summed E-state index contributed by atoms with van der Waals surface area (Å²) in [6, 6.07) is 8.68. The van der Waals surface area contributed by atoms with Crippen LogP contribution in [0.2, 0.25) is 0 Å². The van der Waals surface area contributed by atoms with E-state index in [0.29, 0.717) is 5.92 Å². The standard InChI is InChI=1S/C11H17N/c1-8(2)10-4-6-11(7-5-10)9(3)12/h4-9H,12H2,1-3H3/t9-/m1/s1. The van der Waals surface area contributed by atoms with E-state index in [2.05, 4.69) is 38.1 Å². The van der Waals surface area contributed by atoms with Crippen LogP contribution in [-0.2, 0) is 0 Å². The Bertz CT molecular complexity index is 207. The lowest BCUT2D eigenvalue weighted by Gasteiger charge is -2.08.